The number of aromatic nitrogens is 3. The molecule has 3 aromatic rings. The molecule has 6 N–H and O–H groups in total. The van der Waals surface area contributed by atoms with E-state index in [-0.39, 0.29) is 34.8 Å². The molecule has 0 spiro atoms. The topological polar surface area (TPSA) is 187 Å². The van der Waals surface area contributed by atoms with Gasteiger partial charge in [0.1, 0.15) is 23.4 Å². The molecule has 3 rings (SSSR count). The van der Waals surface area contributed by atoms with E-state index in [4.69, 9.17) is 25.9 Å². The van der Waals surface area contributed by atoms with E-state index < -0.39 is 52.0 Å². The van der Waals surface area contributed by atoms with Gasteiger partial charge in [-0.2, -0.15) is 4.98 Å². The minimum atomic E-state index is -4.89. The van der Waals surface area contributed by atoms with E-state index in [1.807, 2.05) is 0 Å². The maximum Gasteiger partial charge on any atom is 0.340 e. The molecular weight excluding hydrogens is 596 g/mol. The average Bonchev–Trinajstić information content (AvgIpc) is 3.28. The molecular formula is C23H29ClF2N4O8P2. The molecule has 12 nitrogen and oxygen atoms in total. The number of benzene rings is 1. The van der Waals surface area contributed by atoms with E-state index in [0.717, 1.165) is 10.1 Å². The Morgan fingerprint density at radius 3 is 2.42 bits per heavy atom. The molecule has 0 bridgehead atoms. The highest BCUT2D eigenvalue weighted by Crippen LogP contribution is 2.55. The van der Waals surface area contributed by atoms with E-state index in [1.165, 1.54) is 30.5 Å². The van der Waals surface area contributed by atoms with Crippen LogP contribution in [-0.2, 0) is 13.7 Å². The lowest BCUT2D eigenvalue weighted by Gasteiger charge is -2.25. The Labute approximate surface area is 233 Å². The van der Waals surface area contributed by atoms with Crippen LogP contribution in [0.1, 0.15) is 38.1 Å². The summed E-state index contributed by atoms with van der Waals surface area (Å²) >= 11 is 6.09. The van der Waals surface area contributed by atoms with E-state index >= 15 is 4.39 Å². The van der Waals surface area contributed by atoms with Gasteiger partial charge in [-0.3, -0.25) is 9.13 Å². The second-order valence-electron chi connectivity index (χ2n) is 8.93. The van der Waals surface area contributed by atoms with E-state index in [0.29, 0.717) is 5.39 Å². The summed E-state index contributed by atoms with van der Waals surface area (Å²) in [5, 5.41) is 24.7. The first-order valence-corrected chi connectivity index (χ1v) is 15.8. The van der Waals surface area contributed by atoms with Crippen LogP contribution in [0.15, 0.2) is 48.2 Å². The van der Waals surface area contributed by atoms with E-state index in [2.05, 4.69) is 15.3 Å². The molecule has 2 heterocycles. The summed E-state index contributed by atoms with van der Waals surface area (Å²) in [6.07, 6.45) is -3.61. The van der Waals surface area contributed by atoms with Crippen LogP contribution in [0.2, 0.25) is 5.28 Å². The van der Waals surface area contributed by atoms with Gasteiger partial charge in [0.25, 0.3) is 0 Å². The lowest BCUT2D eigenvalue weighted by molar-refractivity contribution is -0.0349. The molecule has 0 amide bonds. The number of anilines is 1. The minimum Gasteiger partial charge on any atom is -0.385 e. The van der Waals surface area contributed by atoms with Crippen molar-refractivity contribution >= 4 is 43.6 Å². The molecule has 0 aliphatic rings. The molecule has 0 saturated carbocycles. The summed E-state index contributed by atoms with van der Waals surface area (Å²) in [5.41, 5.74) is 0.532. The van der Waals surface area contributed by atoms with Crippen molar-refractivity contribution in [3.63, 3.8) is 0 Å². The van der Waals surface area contributed by atoms with Gasteiger partial charge in [-0.25, -0.2) is 13.8 Å². The average molecular weight is 625 g/mol. The van der Waals surface area contributed by atoms with Crippen molar-refractivity contribution in [2.45, 2.75) is 44.8 Å². The zero-order valence-corrected chi connectivity index (χ0v) is 23.8. The second kappa shape index (κ2) is 13.2. The van der Waals surface area contributed by atoms with Crippen molar-refractivity contribution in [1.82, 2.24) is 14.5 Å². The molecule has 1 aromatic carbocycles. The number of fused-ring (bicyclic) bond motifs is 1. The predicted octanol–water partition coefficient (Wildman–Crippen LogP) is 4.26. The molecule has 17 heteroatoms. The van der Waals surface area contributed by atoms with Crippen molar-refractivity contribution in [1.29, 1.82) is 0 Å². The van der Waals surface area contributed by atoms with Gasteiger partial charge in [0.15, 0.2) is 18.3 Å². The molecule has 0 saturated heterocycles. The molecule has 5 atom stereocenters. The van der Waals surface area contributed by atoms with Crippen molar-refractivity contribution in [3.05, 3.63) is 64.8 Å². The van der Waals surface area contributed by atoms with Crippen LogP contribution in [0.3, 0.4) is 0 Å². The highest BCUT2D eigenvalue weighted by Gasteiger charge is 2.35. The first-order valence-electron chi connectivity index (χ1n) is 11.9. The maximum absolute atomic E-state index is 15.4. The fraction of sp³-hybridized carbons (Fsp3) is 0.391. The summed E-state index contributed by atoms with van der Waals surface area (Å²) < 4.78 is 57.5. The molecule has 220 valence electrons. The van der Waals surface area contributed by atoms with Crippen LogP contribution in [0.5, 0.6) is 0 Å². The molecule has 1 unspecified atom stereocenters. The zero-order valence-electron chi connectivity index (χ0n) is 21.3. The number of hydrogen-bond acceptors (Lipinski definition) is 8. The molecule has 0 fully saturated rings. The first-order chi connectivity index (χ1) is 18.6. The van der Waals surface area contributed by atoms with Crippen molar-refractivity contribution < 1.29 is 47.3 Å². The fourth-order valence-electron chi connectivity index (χ4n) is 3.87. The van der Waals surface area contributed by atoms with Gasteiger partial charge >= 0.3 is 15.2 Å². The first kappa shape index (κ1) is 32.3. The van der Waals surface area contributed by atoms with Crippen molar-refractivity contribution in [2.75, 3.05) is 17.8 Å². The molecule has 0 aliphatic heterocycles. The van der Waals surface area contributed by atoms with E-state index in [9.17, 15) is 28.6 Å². The Morgan fingerprint density at radius 2 is 1.82 bits per heavy atom. The summed E-state index contributed by atoms with van der Waals surface area (Å²) in [5.74, 6) is -1.60. The Balaban J connectivity index is 1.83. The van der Waals surface area contributed by atoms with Crippen LogP contribution >= 0.6 is 26.8 Å². The Hall–Kier alpha value is -2.25. The smallest absolute Gasteiger partial charge is 0.340 e. The van der Waals surface area contributed by atoms with Gasteiger partial charge in [0.2, 0.25) is 5.28 Å². The van der Waals surface area contributed by atoms with Gasteiger partial charge in [-0.05, 0) is 54.3 Å². The van der Waals surface area contributed by atoms with Crippen molar-refractivity contribution in [2.24, 2.45) is 0 Å². The minimum absolute atomic E-state index is 0.0231. The number of rotatable bonds is 13. The third kappa shape index (κ3) is 8.39. The van der Waals surface area contributed by atoms with Gasteiger partial charge in [0.05, 0.1) is 12.0 Å². The Morgan fingerprint density at radius 1 is 1.18 bits per heavy atom. The number of allylic oxidation sites excluding steroid dienone is 1. The highest BCUT2D eigenvalue weighted by atomic mass is 35.5. The normalized spacial score (nSPS) is 17.3. The highest BCUT2D eigenvalue weighted by molar-refractivity contribution is 7.70. The van der Waals surface area contributed by atoms with Gasteiger partial charge in [-0.15, -0.1) is 0 Å². The third-order valence-corrected chi connectivity index (χ3v) is 9.39. The number of halogens is 3. The largest absolute Gasteiger partial charge is 0.385 e. The predicted molar refractivity (Wildman–Crippen MR) is 144 cm³/mol. The van der Waals surface area contributed by atoms with Crippen LogP contribution in [0, 0.1) is 5.82 Å². The van der Waals surface area contributed by atoms with E-state index in [1.54, 1.807) is 26.0 Å². The molecule has 2 aromatic heterocycles. The van der Waals surface area contributed by atoms with Crippen LogP contribution in [-0.4, -0.2) is 64.2 Å². The summed E-state index contributed by atoms with van der Waals surface area (Å²) in [7, 11) is -9.67. The number of alkyl halides is 1. The van der Waals surface area contributed by atoms with Crippen LogP contribution < -0.4 is 5.32 Å². The molecule has 0 radical (unpaired) electrons. The SMILES string of the molecule is CC/C=C(/COP(=O)(O)CP(=O)(O)O)[C@@H](O)[C@H](F)[C@@H](O)n1ccc2c(N[C@H](C)c3ccc(F)cc3)nc(Cl)nc21. The summed E-state index contributed by atoms with van der Waals surface area (Å²) in [4.78, 5) is 35.8. The maximum atomic E-state index is 15.4. The Kier molecular flexibility index (Phi) is 10.6. The van der Waals surface area contributed by atoms with Gasteiger partial charge in [-0.1, -0.05) is 25.1 Å². The lowest BCUT2D eigenvalue weighted by atomic mass is 10.0. The number of hydrogen-bond donors (Lipinski definition) is 6. The number of aliphatic hydroxyl groups excluding tert-OH is 2. The lowest BCUT2D eigenvalue weighted by Crippen LogP contribution is -2.34. The number of aliphatic hydroxyl groups is 2. The number of nitrogens with zero attached hydrogens (tertiary/aromatic N) is 3. The van der Waals surface area contributed by atoms with Gasteiger partial charge in [0, 0.05) is 12.2 Å². The molecule has 40 heavy (non-hydrogen) atoms. The third-order valence-electron chi connectivity index (χ3n) is 5.78. The summed E-state index contributed by atoms with van der Waals surface area (Å²) in [6.45, 7) is 2.60. The molecule has 0 aliphatic carbocycles. The quantitative estimate of drug-likeness (QED) is 0.0906. The summed E-state index contributed by atoms with van der Waals surface area (Å²) in [6, 6.07) is 6.92. The fourth-order valence-corrected chi connectivity index (χ4v) is 6.57. The number of nitrogens with one attached hydrogen (secondary N) is 1. The monoisotopic (exact) mass is 624 g/mol. The Bertz CT molecular complexity index is 1450. The van der Waals surface area contributed by atoms with Crippen LogP contribution in [0.4, 0.5) is 14.6 Å². The second-order valence-corrected chi connectivity index (χ2v) is 13.3. The van der Waals surface area contributed by atoms with Gasteiger partial charge < -0.3 is 39.3 Å². The van der Waals surface area contributed by atoms with Crippen molar-refractivity contribution in [3.8, 4) is 0 Å². The standard InChI is InChI=1S/C23H29ClF2N4O8P2/c1-3-4-15(11-38-40(36,37)12-39(33,34)35)19(31)18(26)22(32)30-10-9-17-20(28-23(24)29-21(17)30)27-13(2)14-5-7-16(25)8-6-14/h4-10,13,18-19,22,31-32H,3,11-12H2,1-2H3,(H,36,37)(H,27,28,29)(H2,33,34,35)/b15-4-/t13-,18+,19-,22-/m1/s1. The zero-order chi connectivity index (χ0) is 29.8. The van der Waals surface area contributed by atoms with Crippen LogP contribution in [0.25, 0.3) is 11.0 Å².